The molecule has 0 aliphatic carbocycles. The van der Waals surface area contributed by atoms with Gasteiger partial charge in [-0.1, -0.05) is 26.3 Å². The van der Waals surface area contributed by atoms with E-state index in [1.807, 2.05) is 6.07 Å². The third-order valence-corrected chi connectivity index (χ3v) is 0.969. The van der Waals surface area contributed by atoms with E-state index in [9.17, 15) is 4.79 Å². The first-order valence-electron chi connectivity index (χ1n) is 4.39. The second kappa shape index (κ2) is 7.28. The van der Waals surface area contributed by atoms with Crippen molar-refractivity contribution >= 4 is 11.7 Å². The van der Waals surface area contributed by atoms with Gasteiger partial charge in [0, 0.05) is 14.5 Å². The third-order valence-electron chi connectivity index (χ3n) is 0.969. The number of pyridine rings is 1. The van der Waals surface area contributed by atoms with E-state index in [-0.39, 0.29) is 7.33 Å². The van der Waals surface area contributed by atoms with Crippen LogP contribution in [0.25, 0.3) is 0 Å². The number of anilines is 1. The Morgan fingerprint density at radius 2 is 2.15 bits per heavy atom. The zero-order valence-electron chi connectivity index (χ0n) is 8.37. The number of carbonyl (C=O) groups is 1. The fourth-order valence-electron chi connectivity index (χ4n) is 0.617. The van der Waals surface area contributed by atoms with Gasteiger partial charge in [0.05, 0.1) is 0 Å². The van der Waals surface area contributed by atoms with E-state index in [0.717, 1.165) is 0 Å². The summed E-state index contributed by atoms with van der Waals surface area (Å²) in [5.74, 6) is 0.494. The lowest BCUT2D eigenvalue weighted by atomic mass is 10.4. The third kappa shape index (κ3) is 7.00. The Labute approximate surface area is 80.7 Å². The second-order valence-electron chi connectivity index (χ2n) is 2.60. The molecule has 0 aromatic carbocycles. The maximum absolute atomic E-state index is 10.5. The van der Waals surface area contributed by atoms with Crippen LogP contribution in [-0.4, -0.2) is 10.9 Å². The number of nitrogens with one attached hydrogen (secondary N) is 1. The van der Waals surface area contributed by atoms with Crippen LogP contribution in [0.5, 0.6) is 0 Å². The number of rotatable bonds is 1. The molecule has 0 aliphatic rings. The Hall–Kier alpha value is -1.38. The summed E-state index contributed by atoms with van der Waals surface area (Å²) in [5, 5.41) is 2.55. The molecule has 3 heteroatoms. The summed E-state index contributed by atoms with van der Waals surface area (Å²) in [7, 11) is 0. The molecule has 0 saturated carbocycles. The van der Waals surface area contributed by atoms with Crippen molar-refractivity contribution in [2.24, 2.45) is 0 Å². The molecule has 1 rings (SSSR count). The predicted octanol–water partition coefficient (Wildman–Crippen LogP) is 2.70. The average Bonchev–Trinajstić information content (AvgIpc) is 2.06. The lowest BCUT2D eigenvalue weighted by Crippen LogP contribution is -2.06. The number of amides is 1. The fraction of sp³-hybridized carbons (Fsp3) is 0.400. The summed E-state index contributed by atoms with van der Waals surface area (Å²) < 4.78 is 0. The van der Waals surface area contributed by atoms with Gasteiger partial charge < -0.3 is 5.32 Å². The fourth-order valence-corrected chi connectivity index (χ4v) is 0.617. The minimum atomic E-state index is -0.0984. The lowest BCUT2D eigenvalue weighted by molar-refractivity contribution is -0.114. The summed E-state index contributed by atoms with van der Waals surface area (Å²) in [6.45, 7) is 5.70. The maximum atomic E-state index is 10.5. The normalized spacial score (nSPS) is 8.23. The van der Waals surface area contributed by atoms with Gasteiger partial charge in [0.15, 0.2) is 0 Å². The molecule has 0 saturated heterocycles. The Morgan fingerprint density at radius 3 is 2.54 bits per heavy atom. The van der Waals surface area contributed by atoms with Gasteiger partial charge in [-0.25, -0.2) is 4.98 Å². The van der Waals surface area contributed by atoms with Gasteiger partial charge in [0.1, 0.15) is 5.82 Å². The van der Waals surface area contributed by atoms with Crippen molar-refractivity contribution in [1.29, 1.82) is 0 Å². The number of hydrogen-bond donors (Lipinski definition) is 1. The van der Waals surface area contributed by atoms with Crippen LogP contribution in [0.15, 0.2) is 24.4 Å². The standard InChI is InChI=1S/C7H8N2O.C3H8.H2/c1-6(10)9-7-4-2-3-5-8-7;1-3-2;/h2-5H,1H3,(H,8,9,10);3H2,1-2H3;1H. The summed E-state index contributed by atoms with van der Waals surface area (Å²) in [6, 6.07) is 5.35. The zero-order chi connectivity index (χ0) is 10.1. The molecular weight excluding hydrogens is 164 g/mol. The van der Waals surface area contributed by atoms with E-state index in [4.69, 9.17) is 0 Å². The molecule has 0 bridgehead atoms. The molecule has 0 fully saturated rings. The van der Waals surface area contributed by atoms with E-state index in [1.165, 1.54) is 13.3 Å². The van der Waals surface area contributed by atoms with E-state index >= 15 is 0 Å². The highest BCUT2D eigenvalue weighted by Crippen LogP contribution is 1.97. The molecule has 0 spiro atoms. The highest BCUT2D eigenvalue weighted by atomic mass is 16.1. The van der Waals surface area contributed by atoms with Crippen molar-refractivity contribution < 1.29 is 6.22 Å². The zero-order valence-corrected chi connectivity index (χ0v) is 8.37. The van der Waals surface area contributed by atoms with Crippen LogP contribution in [0.4, 0.5) is 5.82 Å². The van der Waals surface area contributed by atoms with Gasteiger partial charge in [0.2, 0.25) is 5.91 Å². The molecule has 1 heterocycles. The van der Waals surface area contributed by atoms with Gasteiger partial charge in [-0.15, -0.1) is 0 Å². The van der Waals surface area contributed by atoms with Crippen molar-refractivity contribution in [2.75, 3.05) is 5.32 Å². The van der Waals surface area contributed by atoms with Gasteiger partial charge in [-0.2, -0.15) is 0 Å². The van der Waals surface area contributed by atoms with Crippen LogP contribution in [0, 0.1) is 0 Å². The Bertz CT molecular complexity index is 239. The molecular formula is C10H18N2O. The number of nitrogens with zero attached hydrogens (tertiary/aromatic N) is 1. The molecule has 1 amide bonds. The average molecular weight is 182 g/mol. The summed E-state index contributed by atoms with van der Waals surface area (Å²) in [4.78, 5) is 14.3. The van der Waals surface area contributed by atoms with Gasteiger partial charge >= 0.3 is 0 Å². The highest BCUT2D eigenvalue weighted by Gasteiger charge is 1.91. The van der Waals surface area contributed by atoms with Crippen LogP contribution in [-0.2, 0) is 4.79 Å². The first kappa shape index (κ1) is 11.6. The number of aromatic nitrogens is 1. The summed E-state index contributed by atoms with van der Waals surface area (Å²) in [5.41, 5.74) is 0. The topological polar surface area (TPSA) is 42.0 Å². The predicted molar refractivity (Wildman–Crippen MR) is 56.6 cm³/mol. The molecule has 1 N–H and O–H groups in total. The molecule has 13 heavy (non-hydrogen) atoms. The summed E-state index contributed by atoms with van der Waals surface area (Å²) in [6.07, 6.45) is 2.88. The van der Waals surface area contributed by atoms with Crippen LogP contribution in [0.3, 0.4) is 0 Å². The first-order valence-corrected chi connectivity index (χ1v) is 4.39. The molecule has 74 valence electrons. The van der Waals surface area contributed by atoms with Crippen molar-refractivity contribution in [3.63, 3.8) is 0 Å². The monoisotopic (exact) mass is 182 g/mol. The second-order valence-corrected chi connectivity index (χ2v) is 2.60. The van der Waals surface area contributed by atoms with Gasteiger partial charge in [-0.3, -0.25) is 4.79 Å². The molecule has 0 radical (unpaired) electrons. The Morgan fingerprint density at radius 1 is 1.54 bits per heavy atom. The Kier molecular flexibility index (Phi) is 6.51. The largest absolute Gasteiger partial charge is 0.311 e. The first-order chi connectivity index (χ1) is 6.20. The van der Waals surface area contributed by atoms with Gasteiger partial charge in [-0.05, 0) is 12.1 Å². The van der Waals surface area contributed by atoms with Crippen molar-refractivity contribution in [3.05, 3.63) is 24.4 Å². The molecule has 0 aliphatic heterocycles. The minimum Gasteiger partial charge on any atom is -0.311 e. The molecule has 0 unspecified atom stereocenters. The van der Waals surface area contributed by atoms with Gasteiger partial charge in [0.25, 0.3) is 0 Å². The number of carbonyl (C=O) groups excluding carboxylic acids is 1. The summed E-state index contributed by atoms with van der Waals surface area (Å²) >= 11 is 0. The lowest BCUT2D eigenvalue weighted by Gasteiger charge is -1.96. The van der Waals surface area contributed by atoms with Crippen LogP contribution < -0.4 is 5.32 Å². The molecule has 1 aromatic heterocycles. The van der Waals surface area contributed by atoms with E-state index in [1.54, 1.807) is 18.3 Å². The minimum absolute atomic E-state index is 0. The maximum Gasteiger partial charge on any atom is 0.222 e. The van der Waals surface area contributed by atoms with Crippen molar-refractivity contribution in [3.8, 4) is 0 Å². The van der Waals surface area contributed by atoms with Crippen LogP contribution in [0.2, 0.25) is 0 Å². The Balaban J connectivity index is 0. The molecule has 0 atom stereocenters. The van der Waals surface area contributed by atoms with E-state index < -0.39 is 0 Å². The van der Waals surface area contributed by atoms with E-state index in [2.05, 4.69) is 24.1 Å². The highest BCUT2D eigenvalue weighted by molar-refractivity contribution is 5.87. The van der Waals surface area contributed by atoms with Crippen LogP contribution in [0.1, 0.15) is 28.6 Å². The molecule has 1 aromatic rings. The molecule has 3 nitrogen and oxygen atoms in total. The van der Waals surface area contributed by atoms with Crippen LogP contribution >= 0.6 is 0 Å². The quantitative estimate of drug-likeness (QED) is 0.725. The van der Waals surface area contributed by atoms with Crippen molar-refractivity contribution in [1.82, 2.24) is 4.98 Å². The van der Waals surface area contributed by atoms with Crippen molar-refractivity contribution in [2.45, 2.75) is 27.2 Å². The number of hydrogen-bond acceptors (Lipinski definition) is 2. The SMILES string of the molecule is CC(=O)Nc1ccccn1.CCC.[HH]. The smallest absolute Gasteiger partial charge is 0.222 e. The van der Waals surface area contributed by atoms with E-state index in [0.29, 0.717) is 5.82 Å².